The highest BCUT2D eigenvalue weighted by Crippen LogP contribution is 2.21. The van der Waals surface area contributed by atoms with Crippen molar-refractivity contribution < 1.29 is 14.3 Å². The molecule has 0 aromatic rings. The topological polar surface area (TPSA) is 58.6 Å². The molecule has 0 bridgehead atoms. The van der Waals surface area contributed by atoms with E-state index in [9.17, 15) is 9.59 Å². The van der Waals surface area contributed by atoms with Crippen LogP contribution in [0.1, 0.15) is 46.5 Å². The molecule has 3 atom stereocenters. The summed E-state index contributed by atoms with van der Waals surface area (Å²) in [5.41, 5.74) is 0. The molecule has 5 nitrogen and oxygen atoms in total. The van der Waals surface area contributed by atoms with Crippen molar-refractivity contribution in [2.75, 3.05) is 13.7 Å². The molecule has 2 amide bonds. The summed E-state index contributed by atoms with van der Waals surface area (Å²) >= 11 is 0. The van der Waals surface area contributed by atoms with E-state index in [1.165, 1.54) is 0 Å². The van der Waals surface area contributed by atoms with Crippen LogP contribution in [-0.2, 0) is 14.3 Å². The maximum Gasteiger partial charge on any atom is 0.246 e. The molecule has 1 heterocycles. The van der Waals surface area contributed by atoms with Crippen LogP contribution in [0.4, 0.5) is 0 Å². The molecule has 0 aliphatic carbocycles. The van der Waals surface area contributed by atoms with Gasteiger partial charge in [0.2, 0.25) is 11.8 Å². The van der Waals surface area contributed by atoms with Gasteiger partial charge in [0.25, 0.3) is 0 Å². The molecule has 1 fully saturated rings. The fourth-order valence-corrected chi connectivity index (χ4v) is 2.71. The van der Waals surface area contributed by atoms with Gasteiger partial charge in [-0.3, -0.25) is 9.59 Å². The SMILES string of the molecule is CCCC(COC)N1C(=O)C(CC)NC(=O)C1CC. The largest absolute Gasteiger partial charge is 0.383 e. The molecule has 1 saturated heterocycles. The van der Waals surface area contributed by atoms with Gasteiger partial charge in [-0.1, -0.05) is 27.2 Å². The fourth-order valence-electron chi connectivity index (χ4n) is 2.71. The second kappa shape index (κ2) is 7.48. The van der Waals surface area contributed by atoms with Crippen LogP contribution in [0.3, 0.4) is 0 Å². The van der Waals surface area contributed by atoms with E-state index in [1.54, 1.807) is 12.0 Å². The van der Waals surface area contributed by atoms with Gasteiger partial charge in [0.05, 0.1) is 12.6 Å². The third-order valence-corrected chi connectivity index (χ3v) is 3.68. The molecule has 1 N–H and O–H groups in total. The first-order chi connectivity index (χ1) is 9.10. The molecule has 110 valence electrons. The van der Waals surface area contributed by atoms with Crippen LogP contribution in [0.15, 0.2) is 0 Å². The van der Waals surface area contributed by atoms with Crippen LogP contribution < -0.4 is 5.32 Å². The van der Waals surface area contributed by atoms with Gasteiger partial charge in [0, 0.05) is 7.11 Å². The molecule has 1 rings (SSSR count). The number of nitrogens with one attached hydrogen (secondary N) is 1. The van der Waals surface area contributed by atoms with Crippen molar-refractivity contribution in [3.05, 3.63) is 0 Å². The highest BCUT2D eigenvalue weighted by atomic mass is 16.5. The highest BCUT2D eigenvalue weighted by molar-refractivity contribution is 5.97. The van der Waals surface area contributed by atoms with Crippen molar-refractivity contribution in [2.24, 2.45) is 0 Å². The fraction of sp³-hybridized carbons (Fsp3) is 0.857. The minimum absolute atomic E-state index is 0.00690. The smallest absolute Gasteiger partial charge is 0.246 e. The quantitative estimate of drug-likeness (QED) is 0.759. The Bertz CT molecular complexity index is 314. The lowest BCUT2D eigenvalue weighted by atomic mass is 9.99. The van der Waals surface area contributed by atoms with Crippen LogP contribution in [0.5, 0.6) is 0 Å². The minimum Gasteiger partial charge on any atom is -0.383 e. The summed E-state index contributed by atoms with van der Waals surface area (Å²) in [7, 11) is 1.63. The highest BCUT2D eigenvalue weighted by Gasteiger charge is 2.41. The van der Waals surface area contributed by atoms with Crippen LogP contribution in [-0.4, -0.2) is 48.6 Å². The zero-order valence-corrected chi connectivity index (χ0v) is 12.4. The zero-order valence-electron chi connectivity index (χ0n) is 12.4. The standard InChI is InChI=1S/C14H26N2O3/c1-5-8-10(9-19-4)16-12(7-3)13(17)15-11(6-2)14(16)18/h10-12H,5-9H2,1-4H3,(H,15,17). The summed E-state index contributed by atoms with van der Waals surface area (Å²) in [4.78, 5) is 26.4. The van der Waals surface area contributed by atoms with Gasteiger partial charge in [-0.05, 0) is 19.3 Å². The van der Waals surface area contributed by atoms with Crippen molar-refractivity contribution in [3.8, 4) is 0 Å². The molecular weight excluding hydrogens is 244 g/mol. The maximum absolute atomic E-state index is 12.5. The van der Waals surface area contributed by atoms with Crippen molar-refractivity contribution >= 4 is 11.8 Å². The Kier molecular flexibility index (Phi) is 6.28. The number of carbonyl (C=O) groups is 2. The van der Waals surface area contributed by atoms with E-state index >= 15 is 0 Å². The predicted molar refractivity (Wildman–Crippen MR) is 73.7 cm³/mol. The molecular formula is C14H26N2O3. The summed E-state index contributed by atoms with van der Waals surface area (Å²) in [5.74, 6) is -0.00407. The molecule has 1 aliphatic rings. The van der Waals surface area contributed by atoms with Crippen LogP contribution in [0.2, 0.25) is 0 Å². The van der Waals surface area contributed by atoms with E-state index in [-0.39, 0.29) is 29.9 Å². The number of hydrogen-bond donors (Lipinski definition) is 1. The summed E-state index contributed by atoms with van der Waals surface area (Å²) in [6, 6.07) is -0.749. The number of ether oxygens (including phenoxy) is 1. The van der Waals surface area contributed by atoms with Gasteiger partial charge in [-0.15, -0.1) is 0 Å². The summed E-state index contributed by atoms with van der Waals surface area (Å²) in [5, 5.41) is 2.81. The lowest BCUT2D eigenvalue weighted by Crippen LogP contribution is -2.66. The first-order valence-corrected chi connectivity index (χ1v) is 7.22. The number of methoxy groups -OCH3 is 1. The minimum atomic E-state index is -0.383. The van der Waals surface area contributed by atoms with Crippen molar-refractivity contribution in [1.29, 1.82) is 0 Å². The Balaban J connectivity index is 2.99. The van der Waals surface area contributed by atoms with Crippen molar-refractivity contribution in [2.45, 2.75) is 64.6 Å². The molecule has 0 aromatic carbocycles. The maximum atomic E-state index is 12.5. The van der Waals surface area contributed by atoms with E-state index in [1.807, 2.05) is 13.8 Å². The van der Waals surface area contributed by atoms with Gasteiger partial charge >= 0.3 is 0 Å². The van der Waals surface area contributed by atoms with Crippen molar-refractivity contribution in [3.63, 3.8) is 0 Å². The van der Waals surface area contributed by atoms with E-state index < -0.39 is 0 Å². The van der Waals surface area contributed by atoms with E-state index in [0.717, 1.165) is 12.8 Å². The Morgan fingerprint density at radius 2 is 1.95 bits per heavy atom. The number of hydrogen-bond acceptors (Lipinski definition) is 3. The molecule has 0 saturated carbocycles. The molecule has 0 aromatic heterocycles. The Morgan fingerprint density at radius 3 is 2.42 bits per heavy atom. The van der Waals surface area contributed by atoms with E-state index in [0.29, 0.717) is 19.4 Å². The summed E-state index contributed by atoms with van der Waals surface area (Å²) in [6.07, 6.45) is 3.09. The first kappa shape index (κ1) is 16.0. The second-order valence-electron chi connectivity index (χ2n) is 5.04. The van der Waals surface area contributed by atoms with Crippen LogP contribution >= 0.6 is 0 Å². The Labute approximate surface area is 115 Å². The molecule has 3 unspecified atom stereocenters. The third kappa shape index (κ3) is 3.47. The lowest BCUT2D eigenvalue weighted by molar-refractivity contribution is -0.154. The normalized spacial score (nSPS) is 25.4. The first-order valence-electron chi connectivity index (χ1n) is 7.22. The number of rotatable bonds is 7. The van der Waals surface area contributed by atoms with Crippen LogP contribution in [0.25, 0.3) is 0 Å². The third-order valence-electron chi connectivity index (χ3n) is 3.68. The monoisotopic (exact) mass is 270 g/mol. The Hall–Kier alpha value is -1.10. The molecule has 0 radical (unpaired) electrons. The molecule has 0 spiro atoms. The number of amides is 2. The van der Waals surface area contributed by atoms with Gasteiger partial charge in [-0.25, -0.2) is 0 Å². The lowest BCUT2D eigenvalue weighted by Gasteiger charge is -2.43. The van der Waals surface area contributed by atoms with E-state index in [2.05, 4.69) is 12.2 Å². The van der Waals surface area contributed by atoms with Gasteiger partial charge in [0.15, 0.2) is 0 Å². The predicted octanol–water partition coefficient (Wildman–Crippen LogP) is 1.32. The van der Waals surface area contributed by atoms with Gasteiger partial charge in [0.1, 0.15) is 12.1 Å². The average Bonchev–Trinajstić information content (AvgIpc) is 2.40. The zero-order chi connectivity index (χ0) is 14.4. The number of carbonyl (C=O) groups excluding carboxylic acids is 2. The Morgan fingerprint density at radius 1 is 1.26 bits per heavy atom. The number of piperazine rings is 1. The second-order valence-corrected chi connectivity index (χ2v) is 5.04. The number of nitrogens with zero attached hydrogens (tertiary/aromatic N) is 1. The summed E-state index contributed by atoms with van der Waals surface area (Å²) < 4.78 is 5.23. The molecule has 5 heteroatoms. The molecule has 1 aliphatic heterocycles. The van der Waals surface area contributed by atoms with E-state index in [4.69, 9.17) is 4.74 Å². The van der Waals surface area contributed by atoms with Crippen molar-refractivity contribution in [1.82, 2.24) is 10.2 Å². The van der Waals surface area contributed by atoms with Gasteiger partial charge < -0.3 is 15.0 Å². The van der Waals surface area contributed by atoms with Gasteiger partial charge in [-0.2, -0.15) is 0 Å². The van der Waals surface area contributed by atoms with Crippen LogP contribution in [0, 0.1) is 0 Å². The summed E-state index contributed by atoms with van der Waals surface area (Å²) in [6.45, 7) is 6.42. The molecule has 19 heavy (non-hydrogen) atoms. The average molecular weight is 270 g/mol.